The maximum Gasteiger partial charge on any atom is 0.439 e. The molecule has 15 heteroatoms. The van der Waals surface area contributed by atoms with Gasteiger partial charge in [-0.05, 0) is 66.0 Å². The summed E-state index contributed by atoms with van der Waals surface area (Å²) in [5.41, 5.74) is 4.98. The van der Waals surface area contributed by atoms with Gasteiger partial charge in [-0.1, -0.05) is 23.4 Å². The van der Waals surface area contributed by atoms with E-state index in [4.69, 9.17) is 16.6 Å². The standard InChI is InChI=1S/C27H21N9O5S/c1-12-29-18-8-13(2-7-21(18)40-12)11-28-23(37)19-10-20(36-25(31-19)33-34-26(36)42)24(38)30-17-6-4-14-9-15(3-5-16(14)17)22-32-27(39)41-35-22/h2-3,5,7-10,17H,4,6,11H2,1H3,(H,28,37)(H,30,38)(H,34,42)(H,32,35,39)/t17-/m0/s1. The molecule has 0 unspecified atom stereocenters. The Morgan fingerprint density at radius 3 is 2.86 bits per heavy atom. The molecule has 1 aliphatic rings. The summed E-state index contributed by atoms with van der Waals surface area (Å²) >= 11 is 5.34. The van der Waals surface area contributed by atoms with E-state index in [1.54, 1.807) is 19.1 Å². The second-order valence-electron chi connectivity index (χ2n) is 9.83. The first kappa shape index (κ1) is 25.5. The molecule has 4 N–H and O–H groups in total. The van der Waals surface area contributed by atoms with E-state index in [1.807, 2.05) is 24.3 Å². The molecular formula is C27H21N9O5S. The third kappa shape index (κ3) is 4.54. The number of aryl methyl sites for hydroxylation is 2. The highest BCUT2D eigenvalue weighted by molar-refractivity contribution is 7.71. The van der Waals surface area contributed by atoms with Gasteiger partial charge in [-0.3, -0.25) is 19.1 Å². The molecule has 7 rings (SSSR count). The first-order valence-electron chi connectivity index (χ1n) is 12.9. The van der Waals surface area contributed by atoms with Gasteiger partial charge in [0.05, 0.1) is 6.04 Å². The third-order valence-electron chi connectivity index (χ3n) is 7.11. The van der Waals surface area contributed by atoms with E-state index in [-0.39, 0.29) is 34.5 Å². The molecule has 210 valence electrons. The number of oxazole rings is 1. The van der Waals surface area contributed by atoms with Crippen LogP contribution < -0.4 is 16.4 Å². The zero-order chi connectivity index (χ0) is 29.0. The number of carbonyl (C=O) groups excluding carboxylic acids is 2. The van der Waals surface area contributed by atoms with Crippen molar-refractivity contribution in [1.29, 1.82) is 0 Å². The van der Waals surface area contributed by atoms with Crippen LogP contribution in [0.25, 0.3) is 28.3 Å². The van der Waals surface area contributed by atoms with Crippen LogP contribution in [0.2, 0.25) is 0 Å². The minimum Gasteiger partial charge on any atom is -0.441 e. The monoisotopic (exact) mass is 583 g/mol. The van der Waals surface area contributed by atoms with Crippen LogP contribution in [-0.4, -0.2) is 46.5 Å². The molecule has 0 aliphatic heterocycles. The van der Waals surface area contributed by atoms with E-state index < -0.39 is 17.6 Å². The average molecular weight is 584 g/mol. The summed E-state index contributed by atoms with van der Waals surface area (Å²) in [6.07, 6.45) is 1.37. The van der Waals surface area contributed by atoms with Crippen LogP contribution in [0.3, 0.4) is 0 Å². The normalized spacial score (nSPS) is 14.4. The van der Waals surface area contributed by atoms with Crippen molar-refractivity contribution in [3.63, 3.8) is 0 Å². The summed E-state index contributed by atoms with van der Waals surface area (Å²) in [4.78, 5) is 49.2. The number of nitrogens with one attached hydrogen (secondary N) is 4. The van der Waals surface area contributed by atoms with E-state index in [0.717, 1.165) is 16.7 Å². The van der Waals surface area contributed by atoms with Crippen LogP contribution in [0.5, 0.6) is 0 Å². The largest absolute Gasteiger partial charge is 0.441 e. The Kier molecular flexibility index (Phi) is 6.00. The van der Waals surface area contributed by atoms with Crippen molar-refractivity contribution in [2.24, 2.45) is 0 Å². The number of carbonyl (C=O) groups is 2. The van der Waals surface area contributed by atoms with Gasteiger partial charge in [0.25, 0.3) is 17.6 Å². The van der Waals surface area contributed by atoms with Gasteiger partial charge in [0, 0.05) is 19.0 Å². The molecule has 42 heavy (non-hydrogen) atoms. The van der Waals surface area contributed by atoms with Crippen molar-refractivity contribution in [3.05, 3.63) is 91.8 Å². The lowest BCUT2D eigenvalue weighted by atomic mass is 10.0. The van der Waals surface area contributed by atoms with Gasteiger partial charge < -0.3 is 15.1 Å². The van der Waals surface area contributed by atoms with E-state index in [1.165, 1.54) is 10.5 Å². The van der Waals surface area contributed by atoms with Gasteiger partial charge in [0.1, 0.15) is 16.9 Å². The first-order chi connectivity index (χ1) is 20.3. The highest BCUT2D eigenvalue weighted by Crippen LogP contribution is 2.33. The van der Waals surface area contributed by atoms with Crippen molar-refractivity contribution in [2.75, 3.05) is 0 Å². The predicted molar refractivity (Wildman–Crippen MR) is 149 cm³/mol. The smallest absolute Gasteiger partial charge is 0.439 e. The topological polar surface area (TPSA) is 189 Å². The van der Waals surface area contributed by atoms with Gasteiger partial charge >= 0.3 is 5.76 Å². The average Bonchev–Trinajstić information content (AvgIpc) is 3.77. The summed E-state index contributed by atoms with van der Waals surface area (Å²) in [7, 11) is 0. The van der Waals surface area contributed by atoms with E-state index in [0.29, 0.717) is 41.2 Å². The fraction of sp³-hybridized carbons (Fsp3) is 0.185. The minimum absolute atomic E-state index is 0.0121. The number of aromatic amines is 2. The maximum atomic E-state index is 13.6. The Labute approximate surface area is 240 Å². The molecule has 2 aromatic carbocycles. The van der Waals surface area contributed by atoms with Gasteiger partial charge in [0.15, 0.2) is 17.3 Å². The van der Waals surface area contributed by atoms with Crippen LogP contribution in [-0.2, 0) is 13.0 Å². The molecule has 0 saturated heterocycles. The van der Waals surface area contributed by atoms with Crippen LogP contribution >= 0.6 is 12.2 Å². The lowest BCUT2D eigenvalue weighted by molar-refractivity contribution is 0.0930. The molecule has 1 aliphatic carbocycles. The molecule has 14 nitrogen and oxygen atoms in total. The second-order valence-corrected chi connectivity index (χ2v) is 10.2. The predicted octanol–water partition coefficient (Wildman–Crippen LogP) is 2.93. The minimum atomic E-state index is -0.631. The van der Waals surface area contributed by atoms with Gasteiger partial charge in [-0.15, -0.1) is 5.10 Å². The van der Waals surface area contributed by atoms with Crippen molar-refractivity contribution >= 4 is 40.9 Å². The molecule has 1 atom stereocenters. The lowest BCUT2D eigenvalue weighted by Gasteiger charge is -2.15. The van der Waals surface area contributed by atoms with E-state index in [2.05, 4.69) is 45.5 Å². The lowest BCUT2D eigenvalue weighted by Crippen LogP contribution is -2.30. The first-order valence-corrected chi connectivity index (χ1v) is 13.4. The fourth-order valence-corrected chi connectivity index (χ4v) is 5.40. The van der Waals surface area contributed by atoms with E-state index in [9.17, 15) is 14.4 Å². The van der Waals surface area contributed by atoms with Gasteiger partial charge in [-0.2, -0.15) is 0 Å². The van der Waals surface area contributed by atoms with Crippen LogP contribution in [0.4, 0.5) is 0 Å². The number of aromatic nitrogens is 7. The molecule has 2 amide bonds. The Morgan fingerprint density at radius 2 is 2.02 bits per heavy atom. The van der Waals surface area contributed by atoms with Crippen molar-refractivity contribution < 1.29 is 18.5 Å². The Morgan fingerprint density at radius 1 is 1.14 bits per heavy atom. The zero-order valence-corrected chi connectivity index (χ0v) is 22.7. The number of H-pyrrole nitrogens is 2. The second kappa shape index (κ2) is 9.88. The molecule has 0 spiro atoms. The van der Waals surface area contributed by atoms with Gasteiger partial charge in [0.2, 0.25) is 4.77 Å². The Bertz CT molecular complexity index is 2150. The number of hydrogen-bond acceptors (Lipinski definition) is 10. The molecule has 0 saturated carbocycles. The number of benzene rings is 2. The van der Waals surface area contributed by atoms with Crippen LogP contribution in [0.1, 0.15) is 56.0 Å². The Hall–Kier alpha value is -5.44. The summed E-state index contributed by atoms with van der Waals surface area (Å²) in [5, 5.41) is 16.3. The highest BCUT2D eigenvalue weighted by atomic mass is 32.1. The van der Waals surface area contributed by atoms with Crippen molar-refractivity contribution in [1.82, 2.24) is 45.3 Å². The van der Waals surface area contributed by atoms with Crippen molar-refractivity contribution in [2.45, 2.75) is 32.4 Å². The SMILES string of the molecule is Cc1nc2cc(CNC(=O)c3cc(C(=O)N[C@H]4CCc5cc(-c6noc(=O)[nH]6)ccc54)n4c(=S)[nH]nc4n3)ccc2o1. The summed E-state index contributed by atoms with van der Waals surface area (Å²) in [5.74, 6) is -0.570. The molecule has 4 aromatic heterocycles. The Balaban J connectivity index is 1.12. The quantitative estimate of drug-likeness (QED) is 0.212. The highest BCUT2D eigenvalue weighted by Gasteiger charge is 2.27. The third-order valence-corrected chi connectivity index (χ3v) is 7.38. The van der Waals surface area contributed by atoms with Crippen molar-refractivity contribution in [3.8, 4) is 11.4 Å². The molecule has 0 bridgehead atoms. The number of fused-ring (bicyclic) bond motifs is 3. The van der Waals surface area contributed by atoms with E-state index >= 15 is 0 Å². The molecular weight excluding hydrogens is 562 g/mol. The summed E-state index contributed by atoms with van der Waals surface area (Å²) in [6, 6.07) is 12.2. The van der Waals surface area contributed by atoms with Crippen LogP contribution in [0.15, 0.2) is 56.2 Å². The van der Waals surface area contributed by atoms with Crippen LogP contribution in [0, 0.1) is 11.7 Å². The maximum absolute atomic E-state index is 13.6. The van der Waals surface area contributed by atoms with Gasteiger partial charge in [-0.25, -0.2) is 24.3 Å². The summed E-state index contributed by atoms with van der Waals surface area (Å²) in [6.45, 7) is 1.98. The molecule has 6 aromatic rings. The summed E-state index contributed by atoms with van der Waals surface area (Å²) < 4.78 is 11.7. The fourth-order valence-electron chi connectivity index (χ4n) is 5.17. The molecule has 0 fully saturated rings. The number of amides is 2. The number of nitrogens with zero attached hydrogens (tertiary/aromatic N) is 5. The molecule has 0 radical (unpaired) electrons. The number of hydrogen-bond donors (Lipinski definition) is 4. The zero-order valence-electron chi connectivity index (χ0n) is 21.9. The number of rotatable bonds is 6. The molecule has 4 heterocycles.